The van der Waals surface area contributed by atoms with Crippen LogP contribution in [0.1, 0.15) is 28.7 Å². The number of benzene rings is 1. The second-order valence-electron chi connectivity index (χ2n) is 4.22. The Kier molecular flexibility index (Phi) is 3.97. The Bertz CT molecular complexity index is 558. The zero-order valence-electron chi connectivity index (χ0n) is 10.5. The number of nitrogens with zero attached hydrogens (tertiary/aromatic N) is 2. The molecule has 0 aliphatic heterocycles. The Hall–Kier alpha value is -1.42. The third kappa shape index (κ3) is 2.88. The van der Waals surface area contributed by atoms with Crippen LogP contribution in [0.3, 0.4) is 0 Å². The molecular weight excluding hydrogens is 292 g/mol. The summed E-state index contributed by atoms with van der Waals surface area (Å²) in [7, 11) is 1.81. The van der Waals surface area contributed by atoms with E-state index in [1.54, 1.807) is 4.68 Å². The third-order valence-corrected chi connectivity index (χ3v) is 3.38. The number of rotatable bonds is 4. The molecule has 0 fully saturated rings. The molecule has 0 amide bonds. The highest BCUT2D eigenvalue weighted by Gasteiger charge is 2.13. The molecule has 1 heterocycles. The molecule has 0 saturated carbocycles. The average Bonchev–Trinajstić information content (AvgIpc) is 2.73. The topological polar surface area (TPSA) is 34.9 Å². The van der Waals surface area contributed by atoms with E-state index in [4.69, 9.17) is 0 Å². The number of halogens is 1. The normalized spacial score (nSPS) is 10.6. The van der Waals surface area contributed by atoms with Gasteiger partial charge in [-0.3, -0.25) is 9.48 Å². The first-order valence-corrected chi connectivity index (χ1v) is 6.70. The van der Waals surface area contributed by atoms with Gasteiger partial charge in [-0.1, -0.05) is 35.0 Å². The molecule has 0 aliphatic rings. The van der Waals surface area contributed by atoms with Gasteiger partial charge in [0.2, 0.25) is 0 Å². The summed E-state index contributed by atoms with van der Waals surface area (Å²) < 4.78 is 2.69. The summed E-state index contributed by atoms with van der Waals surface area (Å²) in [6.07, 6.45) is 1.26. The van der Waals surface area contributed by atoms with E-state index in [2.05, 4.69) is 21.0 Å². The van der Waals surface area contributed by atoms with E-state index in [1.165, 1.54) is 0 Å². The van der Waals surface area contributed by atoms with Crippen molar-refractivity contribution in [2.75, 3.05) is 0 Å². The predicted molar refractivity (Wildman–Crippen MR) is 74.8 cm³/mol. The number of aromatic nitrogens is 2. The van der Waals surface area contributed by atoms with Crippen LogP contribution in [0.15, 0.2) is 34.8 Å². The molecule has 0 unspecified atom stereocenters. The maximum atomic E-state index is 12.2. The molecule has 0 saturated heterocycles. The molecule has 4 heteroatoms. The minimum Gasteiger partial charge on any atom is -0.292 e. The number of Topliss-reactive ketones (excluding diaryl/α,β-unsaturated/α-hetero) is 1. The molecule has 1 aromatic heterocycles. The van der Waals surface area contributed by atoms with E-state index in [-0.39, 0.29) is 5.78 Å². The first kappa shape index (κ1) is 13.0. The molecule has 0 N–H and O–H groups in total. The molecule has 0 spiro atoms. The van der Waals surface area contributed by atoms with Gasteiger partial charge in [-0.15, -0.1) is 0 Å². The summed E-state index contributed by atoms with van der Waals surface area (Å²) in [5.41, 5.74) is 2.65. The number of hydrogen-bond acceptors (Lipinski definition) is 2. The summed E-state index contributed by atoms with van der Waals surface area (Å²) in [4.78, 5) is 12.2. The zero-order valence-corrected chi connectivity index (χ0v) is 12.1. The monoisotopic (exact) mass is 306 g/mol. The van der Waals surface area contributed by atoms with Gasteiger partial charge < -0.3 is 0 Å². The average molecular weight is 307 g/mol. The largest absolute Gasteiger partial charge is 0.292 e. The molecule has 1 aromatic carbocycles. The minimum absolute atomic E-state index is 0.104. The van der Waals surface area contributed by atoms with Crippen molar-refractivity contribution in [2.24, 2.45) is 7.05 Å². The van der Waals surface area contributed by atoms with E-state index < -0.39 is 0 Å². The van der Waals surface area contributed by atoms with Crippen molar-refractivity contribution >= 4 is 21.7 Å². The van der Waals surface area contributed by atoms with Crippen molar-refractivity contribution in [1.82, 2.24) is 9.78 Å². The number of ketones is 1. The molecule has 0 aliphatic carbocycles. The van der Waals surface area contributed by atoms with Crippen LogP contribution < -0.4 is 0 Å². The molecule has 0 radical (unpaired) electrons. The summed E-state index contributed by atoms with van der Waals surface area (Å²) in [6, 6.07) is 9.69. The Morgan fingerprint density at radius 1 is 1.33 bits per heavy atom. The summed E-state index contributed by atoms with van der Waals surface area (Å²) in [5, 5.41) is 4.29. The van der Waals surface area contributed by atoms with Crippen LogP contribution in [-0.4, -0.2) is 15.6 Å². The highest BCUT2D eigenvalue weighted by molar-refractivity contribution is 9.10. The fraction of sp³-hybridized carbons (Fsp3) is 0.286. The van der Waals surface area contributed by atoms with Gasteiger partial charge in [0.05, 0.1) is 5.69 Å². The first-order valence-electron chi connectivity index (χ1n) is 5.90. The van der Waals surface area contributed by atoms with Crippen LogP contribution >= 0.6 is 15.9 Å². The third-order valence-electron chi connectivity index (χ3n) is 2.86. The molecule has 2 aromatic rings. The molecule has 94 valence electrons. The molecule has 0 bridgehead atoms. The lowest BCUT2D eigenvalue weighted by Gasteiger charge is -2.02. The van der Waals surface area contributed by atoms with E-state index in [9.17, 15) is 4.79 Å². The predicted octanol–water partition coefficient (Wildman–Crippen LogP) is 3.17. The Morgan fingerprint density at radius 3 is 2.56 bits per heavy atom. The van der Waals surface area contributed by atoms with Crippen molar-refractivity contribution in [3.8, 4) is 0 Å². The lowest BCUT2D eigenvalue weighted by molar-refractivity contribution is 0.0984. The van der Waals surface area contributed by atoms with Gasteiger partial charge in [0.15, 0.2) is 5.78 Å². The van der Waals surface area contributed by atoms with Gasteiger partial charge in [0, 0.05) is 17.9 Å². The second kappa shape index (κ2) is 5.48. The Labute approximate surface area is 115 Å². The van der Waals surface area contributed by atoms with Crippen molar-refractivity contribution in [1.29, 1.82) is 0 Å². The van der Waals surface area contributed by atoms with Gasteiger partial charge in [-0.05, 0) is 30.2 Å². The zero-order chi connectivity index (χ0) is 13.1. The van der Waals surface area contributed by atoms with E-state index >= 15 is 0 Å². The standard InChI is InChI=1S/C14H15BrN2O/c1-3-12-9-13(17(2)16-12)14(18)8-10-4-6-11(15)7-5-10/h4-7,9H,3,8H2,1-2H3. The maximum Gasteiger partial charge on any atom is 0.185 e. The van der Waals surface area contributed by atoms with E-state index in [0.29, 0.717) is 12.1 Å². The van der Waals surface area contributed by atoms with Crippen LogP contribution in [0, 0.1) is 0 Å². The number of carbonyl (C=O) groups excluding carboxylic acids is 1. The quantitative estimate of drug-likeness (QED) is 0.813. The molecule has 2 rings (SSSR count). The van der Waals surface area contributed by atoms with Crippen LogP contribution in [-0.2, 0) is 19.9 Å². The highest BCUT2D eigenvalue weighted by atomic mass is 79.9. The lowest BCUT2D eigenvalue weighted by Crippen LogP contribution is -2.09. The maximum absolute atomic E-state index is 12.2. The van der Waals surface area contributed by atoms with Gasteiger partial charge in [-0.2, -0.15) is 5.10 Å². The summed E-state index contributed by atoms with van der Waals surface area (Å²) >= 11 is 3.38. The number of aryl methyl sites for hydroxylation is 2. The molecular formula is C14H15BrN2O. The number of carbonyl (C=O) groups is 1. The fourth-order valence-electron chi connectivity index (χ4n) is 1.84. The van der Waals surface area contributed by atoms with Gasteiger partial charge >= 0.3 is 0 Å². The lowest BCUT2D eigenvalue weighted by atomic mass is 10.1. The van der Waals surface area contributed by atoms with Crippen molar-refractivity contribution in [2.45, 2.75) is 19.8 Å². The SMILES string of the molecule is CCc1cc(C(=O)Cc2ccc(Br)cc2)n(C)n1. The summed E-state index contributed by atoms with van der Waals surface area (Å²) in [5.74, 6) is 0.104. The van der Waals surface area contributed by atoms with Crippen molar-refractivity contribution < 1.29 is 4.79 Å². The van der Waals surface area contributed by atoms with Crippen LogP contribution in [0.25, 0.3) is 0 Å². The van der Waals surface area contributed by atoms with Crippen molar-refractivity contribution in [3.05, 3.63) is 51.8 Å². The first-order chi connectivity index (χ1) is 8.60. The van der Waals surface area contributed by atoms with Crippen LogP contribution in [0.4, 0.5) is 0 Å². The molecule has 18 heavy (non-hydrogen) atoms. The van der Waals surface area contributed by atoms with E-state index in [1.807, 2.05) is 44.3 Å². The Balaban J connectivity index is 2.16. The second-order valence-corrected chi connectivity index (χ2v) is 5.14. The highest BCUT2D eigenvalue weighted by Crippen LogP contribution is 2.13. The van der Waals surface area contributed by atoms with Crippen LogP contribution in [0.5, 0.6) is 0 Å². The fourth-order valence-corrected chi connectivity index (χ4v) is 2.10. The van der Waals surface area contributed by atoms with Gasteiger partial charge in [-0.25, -0.2) is 0 Å². The van der Waals surface area contributed by atoms with Gasteiger partial charge in [0.25, 0.3) is 0 Å². The molecule has 0 atom stereocenters. The van der Waals surface area contributed by atoms with E-state index in [0.717, 1.165) is 22.2 Å². The number of hydrogen-bond donors (Lipinski definition) is 0. The Morgan fingerprint density at radius 2 is 2.00 bits per heavy atom. The smallest absolute Gasteiger partial charge is 0.185 e. The molecule has 3 nitrogen and oxygen atoms in total. The summed E-state index contributed by atoms with van der Waals surface area (Å²) in [6.45, 7) is 2.03. The minimum atomic E-state index is 0.104. The van der Waals surface area contributed by atoms with Crippen molar-refractivity contribution in [3.63, 3.8) is 0 Å². The van der Waals surface area contributed by atoms with Gasteiger partial charge in [0.1, 0.15) is 5.69 Å². The van der Waals surface area contributed by atoms with Crippen LogP contribution in [0.2, 0.25) is 0 Å².